The fourth-order valence-electron chi connectivity index (χ4n) is 2.34. The molecule has 0 unspecified atom stereocenters. The Morgan fingerprint density at radius 3 is 2.61 bits per heavy atom. The minimum absolute atomic E-state index is 0. The predicted octanol–water partition coefficient (Wildman–Crippen LogP) is 2.47. The molecule has 1 atom stereocenters. The average Bonchev–Trinajstić information content (AvgIpc) is 2.36. The van der Waals surface area contributed by atoms with Crippen LogP contribution in [0.2, 0.25) is 0 Å². The number of benzene rings is 1. The van der Waals surface area contributed by atoms with Crippen molar-refractivity contribution in [2.75, 3.05) is 32.9 Å². The lowest BCUT2D eigenvalue weighted by Crippen LogP contribution is -2.45. The zero-order valence-electron chi connectivity index (χ0n) is 10.5. The van der Waals surface area contributed by atoms with Gasteiger partial charge in [-0.15, -0.1) is 12.4 Å². The van der Waals surface area contributed by atoms with E-state index in [9.17, 15) is 8.78 Å². The summed E-state index contributed by atoms with van der Waals surface area (Å²) in [6.45, 7) is 4.79. The van der Waals surface area contributed by atoms with Crippen molar-refractivity contribution in [3.8, 4) is 0 Å². The highest BCUT2D eigenvalue weighted by atomic mass is 35.5. The average molecular weight is 277 g/mol. The maximum absolute atomic E-state index is 13.3. The van der Waals surface area contributed by atoms with Crippen molar-refractivity contribution in [1.82, 2.24) is 10.2 Å². The summed E-state index contributed by atoms with van der Waals surface area (Å²) in [5.41, 5.74) is 1.72. The van der Waals surface area contributed by atoms with Crippen LogP contribution in [0.15, 0.2) is 18.2 Å². The van der Waals surface area contributed by atoms with Gasteiger partial charge in [-0.25, -0.2) is 8.78 Å². The Kier molecular flexibility index (Phi) is 5.99. The molecule has 1 saturated heterocycles. The molecule has 1 aliphatic rings. The van der Waals surface area contributed by atoms with Crippen LogP contribution in [-0.2, 0) is 0 Å². The second-order valence-electron chi connectivity index (χ2n) is 4.46. The monoisotopic (exact) mass is 276 g/mol. The third-order valence-corrected chi connectivity index (χ3v) is 3.34. The third kappa shape index (κ3) is 3.40. The number of halogens is 3. The Hall–Kier alpha value is -0.710. The lowest BCUT2D eigenvalue weighted by molar-refractivity contribution is 0.147. The van der Waals surface area contributed by atoms with Crippen molar-refractivity contribution in [3.05, 3.63) is 35.1 Å². The molecule has 0 amide bonds. The topological polar surface area (TPSA) is 15.3 Å². The van der Waals surface area contributed by atoms with Gasteiger partial charge >= 0.3 is 0 Å². The first-order valence-corrected chi connectivity index (χ1v) is 5.99. The van der Waals surface area contributed by atoms with E-state index in [1.54, 1.807) is 6.07 Å². The number of nitrogens with zero attached hydrogens (tertiary/aromatic N) is 1. The van der Waals surface area contributed by atoms with Crippen LogP contribution >= 0.6 is 12.4 Å². The Balaban J connectivity index is 0.00000162. The van der Waals surface area contributed by atoms with E-state index in [-0.39, 0.29) is 24.3 Å². The van der Waals surface area contributed by atoms with Crippen LogP contribution in [0.4, 0.5) is 8.78 Å². The first-order valence-electron chi connectivity index (χ1n) is 5.99. The molecular weight excluding hydrogens is 258 g/mol. The van der Waals surface area contributed by atoms with Crippen molar-refractivity contribution in [3.63, 3.8) is 0 Å². The van der Waals surface area contributed by atoms with E-state index in [2.05, 4.69) is 10.2 Å². The van der Waals surface area contributed by atoms with Gasteiger partial charge in [0.15, 0.2) is 0 Å². The van der Waals surface area contributed by atoms with E-state index in [0.717, 1.165) is 37.3 Å². The van der Waals surface area contributed by atoms with E-state index in [4.69, 9.17) is 0 Å². The van der Waals surface area contributed by atoms with Gasteiger partial charge in [-0.3, -0.25) is 4.90 Å². The number of piperazine rings is 1. The maximum atomic E-state index is 13.3. The second kappa shape index (κ2) is 7.02. The van der Waals surface area contributed by atoms with E-state index in [1.165, 1.54) is 12.1 Å². The van der Waals surface area contributed by atoms with E-state index >= 15 is 0 Å². The summed E-state index contributed by atoms with van der Waals surface area (Å²) < 4.78 is 26.5. The van der Waals surface area contributed by atoms with Crippen molar-refractivity contribution in [2.45, 2.75) is 13.0 Å². The molecular formula is C13H19ClF2N2. The molecule has 1 aromatic rings. The lowest BCUT2D eigenvalue weighted by atomic mass is 10.00. The molecule has 0 radical (unpaired) electrons. The Morgan fingerprint density at radius 1 is 1.33 bits per heavy atom. The van der Waals surface area contributed by atoms with Crippen LogP contribution < -0.4 is 5.32 Å². The minimum atomic E-state index is -0.468. The zero-order valence-corrected chi connectivity index (χ0v) is 11.3. The molecule has 0 bridgehead atoms. The van der Waals surface area contributed by atoms with Gasteiger partial charge in [0.05, 0.1) is 6.04 Å². The van der Waals surface area contributed by atoms with Crippen molar-refractivity contribution >= 4 is 12.4 Å². The van der Waals surface area contributed by atoms with Gasteiger partial charge in [0.2, 0.25) is 0 Å². The molecule has 1 aliphatic heterocycles. The summed E-state index contributed by atoms with van der Waals surface area (Å²) in [5.74, 6) is -0.292. The van der Waals surface area contributed by atoms with Crippen LogP contribution in [0.1, 0.15) is 17.2 Å². The van der Waals surface area contributed by atoms with Gasteiger partial charge in [0.1, 0.15) is 12.5 Å². The fraction of sp³-hybridized carbons (Fsp3) is 0.538. The van der Waals surface area contributed by atoms with E-state index in [0.29, 0.717) is 0 Å². The lowest BCUT2D eigenvalue weighted by Gasteiger charge is -2.34. The first-order chi connectivity index (χ1) is 8.22. The highest BCUT2D eigenvalue weighted by Crippen LogP contribution is 2.25. The highest BCUT2D eigenvalue weighted by Gasteiger charge is 2.23. The molecule has 1 heterocycles. The first kappa shape index (κ1) is 15.3. The summed E-state index contributed by atoms with van der Waals surface area (Å²) >= 11 is 0. The van der Waals surface area contributed by atoms with E-state index in [1.807, 2.05) is 6.92 Å². The largest absolute Gasteiger partial charge is 0.314 e. The zero-order chi connectivity index (χ0) is 12.3. The normalized spacial score (nSPS) is 18.2. The molecule has 5 heteroatoms. The van der Waals surface area contributed by atoms with Crippen molar-refractivity contribution < 1.29 is 8.78 Å². The molecule has 0 spiro atoms. The maximum Gasteiger partial charge on any atom is 0.123 e. The molecule has 2 rings (SSSR count). The number of rotatable bonds is 3. The number of hydrogen-bond acceptors (Lipinski definition) is 2. The standard InChI is InChI=1S/C13H18F2N2.ClH/c1-10-2-3-11(15)8-12(10)13(9-14)17-6-4-16-5-7-17;/h2-3,8,13,16H,4-7,9H2,1H3;1H/t13-;/m0./s1. The molecule has 1 fully saturated rings. The van der Waals surface area contributed by atoms with Gasteiger partial charge in [-0.1, -0.05) is 6.07 Å². The van der Waals surface area contributed by atoms with Gasteiger partial charge in [0, 0.05) is 26.2 Å². The summed E-state index contributed by atoms with van der Waals surface area (Å²) in [5, 5.41) is 3.23. The third-order valence-electron chi connectivity index (χ3n) is 3.34. The Morgan fingerprint density at radius 2 is 2.00 bits per heavy atom. The minimum Gasteiger partial charge on any atom is -0.314 e. The van der Waals surface area contributed by atoms with Gasteiger partial charge in [-0.2, -0.15) is 0 Å². The Labute approximate surface area is 113 Å². The molecule has 1 N–H and O–H groups in total. The van der Waals surface area contributed by atoms with Crippen molar-refractivity contribution in [1.29, 1.82) is 0 Å². The Bertz CT molecular complexity index is 381. The second-order valence-corrected chi connectivity index (χ2v) is 4.46. The predicted molar refractivity (Wildman–Crippen MR) is 71.5 cm³/mol. The number of alkyl halides is 1. The summed E-state index contributed by atoms with van der Waals surface area (Å²) in [6, 6.07) is 4.29. The van der Waals surface area contributed by atoms with Crippen LogP contribution in [0.3, 0.4) is 0 Å². The highest BCUT2D eigenvalue weighted by molar-refractivity contribution is 5.85. The molecule has 1 aromatic carbocycles. The van der Waals surface area contributed by atoms with E-state index < -0.39 is 6.67 Å². The summed E-state index contributed by atoms with van der Waals surface area (Å²) in [7, 11) is 0. The van der Waals surface area contributed by atoms with Gasteiger partial charge in [0.25, 0.3) is 0 Å². The van der Waals surface area contributed by atoms with Crippen LogP contribution in [0.25, 0.3) is 0 Å². The van der Waals surface area contributed by atoms with Crippen LogP contribution in [0, 0.1) is 12.7 Å². The number of nitrogens with one attached hydrogen (secondary N) is 1. The molecule has 0 saturated carbocycles. The molecule has 2 nitrogen and oxygen atoms in total. The SMILES string of the molecule is Cc1ccc(F)cc1[C@H](CF)N1CCNCC1.Cl. The van der Waals surface area contributed by atoms with Crippen LogP contribution in [0.5, 0.6) is 0 Å². The number of aryl methyl sites for hydroxylation is 1. The summed E-state index contributed by atoms with van der Waals surface area (Å²) in [4.78, 5) is 2.08. The van der Waals surface area contributed by atoms with Gasteiger partial charge in [-0.05, 0) is 30.2 Å². The molecule has 0 aromatic heterocycles. The summed E-state index contributed by atoms with van der Waals surface area (Å²) in [6.07, 6.45) is 0. The van der Waals surface area contributed by atoms with Crippen LogP contribution in [-0.4, -0.2) is 37.8 Å². The quantitative estimate of drug-likeness (QED) is 0.912. The van der Waals surface area contributed by atoms with Crippen molar-refractivity contribution in [2.24, 2.45) is 0 Å². The van der Waals surface area contributed by atoms with Gasteiger partial charge < -0.3 is 5.32 Å². The smallest absolute Gasteiger partial charge is 0.123 e. The number of hydrogen-bond donors (Lipinski definition) is 1. The fourth-order valence-corrected chi connectivity index (χ4v) is 2.34. The molecule has 0 aliphatic carbocycles. The molecule has 18 heavy (non-hydrogen) atoms. The molecule has 102 valence electrons.